The molecule has 0 amide bonds. The molecule has 0 saturated carbocycles. The highest BCUT2D eigenvalue weighted by molar-refractivity contribution is 5.69. The summed E-state index contributed by atoms with van der Waals surface area (Å²) in [5, 5.41) is 0. The van der Waals surface area contributed by atoms with Gasteiger partial charge in [-0.1, -0.05) is 78.1 Å². The van der Waals surface area contributed by atoms with E-state index in [0.29, 0.717) is 13.0 Å². The molecule has 0 saturated heterocycles. The molecule has 0 spiro atoms. The Bertz CT molecular complexity index is 195. The van der Waals surface area contributed by atoms with E-state index < -0.39 is 0 Å². The zero-order valence-electron chi connectivity index (χ0n) is 13.9. The Balaban J connectivity index is 0. The Morgan fingerprint density at radius 3 is 1.70 bits per heavy atom. The smallest absolute Gasteiger partial charge is 0.305 e. The van der Waals surface area contributed by atoms with Gasteiger partial charge in [-0.25, -0.2) is 0 Å². The fraction of sp³-hybridized carbons (Fsp3) is 0.941. The molecule has 0 unspecified atom stereocenters. The van der Waals surface area contributed by atoms with Gasteiger partial charge in [-0.05, 0) is 12.8 Å². The number of unbranched alkanes of at least 4 members (excludes halogenated alkanes) is 10. The first-order valence-electron chi connectivity index (χ1n) is 8.46. The summed E-state index contributed by atoms with van der Waals surface area (Å²) < 4.78 is 5.24. The second kappa shape index (κ2) is 18.4. The lowest BCUT2D eigenvalue weighted by Crippen LogP contribution is -2.05. The summed E-state index contributed by atoms with van der Waals surface area (Å²) in [6, 6.07) is 0. The van der Waals surface area contributed by atoms with Crippen molar-refractivity contribution in [2.75, 3.05) is 6.61 Å². The van der Waals surface area contributed by atoms with Crippen LogP contribution in [0.3, 0.4) is 0 Å². The molecule has 0 bridgehead atoms. The summed E-state index contributed by atoms with van der Waals surface area (Å²) in [6.07, 6.45) is 15.4. The normalized spacial score (nSPS) is 10.1. The Hall–Kier alpha value is -0.570. The van der Waals surface area contributed by atoms with Crippen molar-refractivity contribution in [3.63, 3.8) is 0 Å². The van der Waals surface area contributed by atoms with Gasteiger partial charge in [-0.15, -0.1) is 0 Å². The van der Waals surface area contributed by atoms with Crippen LogP contribution in [0.2, 0.25) is 0 Å². The molecule has 0 aromatic rings. The van der Waals surface area contributed by atoms with Gasteiger partial charge in [0, 0.05) is 6.42 Å². The van der Waals surface area contributed by atoms with Gasteiger partial charge in [0.1, 0.15) is 0 Å². The third-order valence-corrected chi connectivity index (χ3v) is 3.50. The topological polar surface area (TPSA) is 61.3 Å². The van der Waals surface area contributed by atoms with Crippen molar-refractivity contribution in [2.24, 2.45) is 0 Å². The van der Waals surface area contributed by atoms with Crippen LogP contribution in [0.5, 0.6) is 0 Å². The molecule has 0 aliphatic heterocycles. The number of ether oxygens (including phenoxy) is 1. The first kappa shape index (κ1) is 21.7. The molecule has 0 aromatic carbocycles. The van der Waals surface area contributed by atoms with Gasteiger partial charge in [-0.3, -0.25) is 4.79 Å². The van der Waals surface area contributed by atoms with Crippen LogP contribution < -0.4 is 6.15 Å². The molecular formula is C17H37NO2. The first-order chi connectivity index (χ1) is 9.31. The standard InChI is InChI=1S/C17H34O2.H3N/c1-3-5-7-9-11-13-15-17(18)19-16-14-12-10-8-6-4-2;/h3-16H2,1-2H3;1H3. The van der Waals surface area contributed by atoms with Gasteiger partial charge >= 0.3 is 5.97 Å². The molecule has 0 radical (unpaired) electrons. The van der Waals surface area contributed by atoms with E-state index in [0.717, 1.165) is 12.8 Å². The highest BCUT2D eigenvalue weighted by Crippen LogP contribution is 2.08. The third-order valence-electron chi connectivity index (χ3n) is 3.50. The highest BCUT2D eigenvalue weighted by atomic mass is 16.5. The average Bonchev–Trinajstić information content (AvgIpc) is 2.41. The van der Waals surface area contributed by atoms with E-state index in [2.05, 4.69) is 13.8 Å². The fourth-order valence-electron chi connectivity index (χ4n) is 2.19. The molecular weight excluding hydrogens is 250 g/mol. The summed E-state index contributed by atoms with van der Waals surface area (Å²) in [5.41, 5.74) is 0. The SMILES string of the molecule is CCCCCCCCOC(=O)CCCCCCCC.N. The Kier molecular flexibility index (Phi) is 20.0. The predicted molar refractivity (Wildman–Crippen MR) is 87.4 cm³/mol. The summed E-state index contributed by atoms with van der Waals surface area (Å²) >= 11 is 0. The fourth-order valence-corrected chi connectivity index (χ4v) is 2.19. The zero-order chi connectivity index (χ0) is 14.2. The van der Waals surface area contributed by atoms with Crippen molar-refractivity contribution in [3.05, 3.63) is 0 Å². The van der Waals surface area contributed by atoms with E-state index in [1.165, 1.54) is 64.2 Å². The zero-order valence-corrected chi connectivity index (χ0v) is 13.9. The Morgan fingerprint density at radius 2 is 1.15 bits per heavy atom. The molecule has 0 heterocycles. The number of hydrogen-bond acceptors (Lipinski definition) is 3. The maximum Gasteiger partial charge on any atom is 0.305 e. The van der Waals surface area contributed by atoms with E-state index in [-0.39, 0.29) is 12.1 Å². The van der Waals surface area contributed by atoms with Crippen molar-refractivity contribution in [2.45, 2.75) is 97.3 Å². The second-order valence-electron chi connectivity index (χ2n) is 5.51. The lowest BCUT2D eigenvalue weighted by atomic mass is 10.1. The highest BCUT2D eigenvalue weighted by Gasteiger charge is 2.02. The van der Waals surface area contributed by atoms with Crippen LogP contribution in [0.25, 0.3) is 0 Å². The number of hydrogen-bond donors (Lipinski definition) is 1. The van der Waals surface area contributed by atoms with E-state index in [4.69, 9.17) is 4.74 Å². The summed E-state index contributed by atoms with van der Waals surface area (Å²) in [7, 11) is 0. The number of carbonyl (C=O) groups is 1. The quantitative estimate of drug-likeness (QED) is 0.324. The van der Waals surface area contributed by atoms with Crippen LogP contribution in [-0.4, -0.2) is 12.6 Å². The lowest BCUT2D eigenvalue weighted by Gasteiger charge is -2.05. The summed E-state index contributed by atoms with van der Waals surface area (Å²) in [5.74, 6) is 0.00375. The number of esters is 1. The van der Waals surface area contributed by atoms with Gasteiger partial charge in [0.25, 0.3) is 0 Å². The van der Waals surface area contributed by atoms with Crippen LogP contribution in [0.4, 0.5) is 0 Å². The number of carbonyl (C=O) groups excluding carboxylic acids is 1. The maximum atomic E-state index is 11.4. The van der Waals surface area contributed by atoms with Gasteiger partial charge < -0.3 is 10.9 Å². The lowest BCUT2D eigenvalue weighted by molar-refractivity contribution is -0.143. The summed E-state index contributed by atoms with van der Waals surface area (Å²) in [4.78, 5) is 11.4. The minimum absolute atomic E-state index is 0. The second-order valence-corrected chi connectivity index (χ2v) is 5.51. The van der Waals surface area contributed by atoms with Crippen LogP contribution in [0, 0.1) is 0 Å². The molecule has 0 fully saturated rings. The van der Waals surface area contributed by atoms with Crippen LogP contribution in [0.15, 0.2) is 0 Å². The molecule has 3 N–H and O–H groups in total. The molecule has 20 heavy (non-hydrogen) atoms. The molecule has 0 atom stereocenters. The van der Waals surface area contributed by atoms with Crippen molar-refractivity contribution in [3.8, 4) is 0 Å². The van der Waals surface area contributed by atoms with Crippen molar-refractivity contribution >= 4 is 5.97 Å². The predicted octanol–water partition coefficient (Wildman–Crippen LogP) is 5.80. The average molecular weight is 287 g/mol. The molecule has 0 rings (SSSR count). The molecule has 0 aliphatic carbocycles. The van der Waals surface area contributed by atoms with Crippen molar-refractivity contribution in [1.29, 1.82) is 0 Å². The Morgan fingerprint density at radius 1 is 0.700 bits per heavy atom. The summed E-state index contributed by atoms with van der Waals surface area (Å²) in [6.45, 7) is 5.07. The van der Waals surface area contributed by atoms with E-state index in [1.54, 1.807) is 0 Å². The van der Waals surface area contributed by atoms with Crippen LogP contribution in [0.1, 0.15) is 97.3 Å². The third kappa shape index (κ3) is 17.4. The minimum Gasteiger partial charge on any atom is -0.466 e. The number of rotatable bonds is 14. The molecule has 3 nitrogen and oxygen atoms in total. The van der Waals surface area contributed by atoms with Crippen molar-refractivity contribution < 1.29 is 9.53 Å². The van der Waals surface area contributed by atoms with Gasteiger partial charge in [0.05, 0.1) is 6.61 Å². The first-order valence-corrected chi connectivity index (χ1v) is 8.46. The molecule has 122 valence electrons. The van der Waals surface area contributed by atoms with Crippen molar-refractivity contribution in [1.82, 2.24) is 6.15 Å². The van der Waals surface area contributed by atoms with Gasteiger partial charge in [0.15, 0.2) is 0 Å². The van der Waals surface area contributed by atoms with E-state index >= 15 is 0 Å². The maximum absolute atomic E-state index is 11.4. The monoisotopic (exact) mass is 287 g/mol. The van der Waals surface area contributed by atoms with E-state index in [1.807, 2.05) is 0 Å². The molecule has 3 heteroatoms. The molecule has 0 aromatic heterocycles. The van der Waals surface area contributed by atoms with Gasteiger partial charge in [-0.2, -0.15) is 0 Å². The Labute approximate surface area is 126 Å². The van der Waals surface area contributed by atoms with Crippen LogP contribution in [-0.2, 0) is 9.53 Å². The minimum atomic E-state index is 0. The van der Waals surface area contributed by atoms with Gasteiger partial charge in [0.2, 0.25) is 0 Å². The molecule has 0 aliphatic rings. The largest absolute Gasteiger partial charge is 0.466 e. The van der Waals surface area contributed by atoms with Crippen LogP contribution >= 0.6 is 0 Å². The van der Waals surface area contributed by atoms with E-state index in [9.17, 15) is 4.79 Å².